The van der Waals surface area contributed by atoms with Crippen LogP contribution in [0.4, 0.5) is 26.3 Å². The third kappa shape index (κ3) is 11.2. The van der Waals surface area contributed by atoms with Crippen molar-refractivity contribution in [2.24, 2.45) is 0 Å². The molecule has 2 unspecified atom stereocenters. The Bertz CT molecular complexity index is 1430. The molecule has 0 aliphatic rings. The summed E-state index contributed by atoms with van der Waals surface area (Å²) < 4.78 is 101. The molecule has 0 heterocycles. The monoisotopic (exact) mass is 684 g/mol. The number of hydrogen-bond donors (Lipinski definition) is 0. The van der Waals surface area contributed by atoms with Gasteiger partial charge in [0.15, 0.2) is 0 Å². The van der Waals surface area contributed by atoms with Crippen LogP contribution >= 0.6 is 0 Å². The first-order chi connectivity index (χ1) is 23.2. The highest BCUT2D eigenvalue weighted by Crippen LogP contribution is 2.34. The third-order valence-corrected chi connectivity index (χ3v) is 7.90. The van der Waals surface area contributed by atoms with Crippen molar-refractivity contribution in [1.82, 2.24) is 9.80 Å². The second-order valence-electron chi connectivity index (χ2n) is 12.2. The van der Waals surface area contributed by atoms with Gasteiger partial charge in [0.2, 0.25) is 0 Å². The van der Waals surface area contributed by atoms with Crippen molar-refractivity contribution in [3.63, 3.8) is 0 Å². The van der Waals surface area contributed by atoms with Crippen molar-refractivity contribution >= 4 is 24.8 Å². The van der Waals surface area contributed by atoms with Crippen molar-refractivity contribution in [3.05, 3.63) is 131 Å². The quantitative estimate of drug-likeness (QED) is 0.0988. The van der Waals surface area contributed by atoms with E-state index in [0.29, 0.717) is 35.1 Å². The van der Waals surface area contributed by atoms with Crippen LogP contribution in [0, 0.1) is 0 Å². The Hall–Kier alpha value is -3.61. The molecule has 0 radical (unpaired) electrons. The van der Waals surface area contributed by atoms with Crippen LogP contribution in [0.3, 0.4) is 0 Å². The van der Waals surface area contributed by atoms with Crippen molar-refractivity contribution < 1.29 is 40.4 Å². The number of benzene rings is 4. The van der Waals surface area contributed by atoms with Crippen molar-refractivity contribution in [1.29, 1.82) is 0 Å². The zero-order chi connectivity index (χ0) is 35.6. The average Bonchev–Trinajstić information content (AvgIpc) is 3.06. The molecule has 0 spiro atoms. The van der Waals surface area contributed by atoms with Crippen LogP contribution < -0.4 is 10.9 Å². The minimum Gasteiger partial charge on any atom is -0.427 e. The van der Waals surface area contributed by atoms with Gasteiger partial charge in [0.25, 0.3) is 0 Å². The van der Waals surface area contributed by atoms with E-state index in [4.69, 9.17) is 14.0 Å². The highest BCUT2D eigenvalue weighted by molar-refractivity contribution is 6.70. The van der Waals surface area contributed by atoms with Crippen LogP contribution in [-0.4, -0.2) is 78.1 Å². The lowest BCUT2D eigenvalue weighted by Crippen LogP contribution is -2.47. The van der Waals surface area contributed by atoms with E-state index in [0.717, 1.165) is 24.3 Å². The van der Waals surface area contributed by atoms with Crippen molar-refractivity contribution in [2.75, 3.05) is 54.5 Å². The maximum atomic E-state index is 13.5. The van der Waals surface area contributed by atoms with Crippen LogP contribution in [-0.2, 0) is 26.4 Å². The molecule has 4 aromatic carbocycles. The number of hydrogen-bond acceptors (Lipinski definition) is 5. The fourth-order valence-corrected chi connectivity index (χ4v) is 5.26. The van der Waals surface area contributed by atoms with Crippen LogP contribution in [0.15, 0.2) is 109 Å². The van der Waals surface area contributed by atoms with E-state index < -0.39 is 49.3 Å². The van der Waals surface area contributed by atoms with Gasteiger partial charge in [0.05, 0.1) is 23.1 Å². The molecule has 0 amide bonds. The Balaban J connectivity index is 1.85. The van der Waals surface area contributed by atoms with E-state index in [1.165, 1.54) is 24.3 Å². The third-order valence-electron chi connectivity index (χ3n) is 7.90. The number of alkyl halides is 6. The Kier molecular flexibility index (Phi) is 13.5. The van der Waals surface area contributed by atoms with Gasteiger partial charge in [-0.3, -0.25) is 0 Å². The van der Waals surface area contributed by atoms with Crippen LogP contribution in [0.25, 0.3) is 0 Å². The van der Waals surface area contributed by atoms with Gasteiger partial charge in [-0.05, 0) is 50.2 Å². The maximum Gasteiger partial charge on any atom is 0.416 e. The van der Waals surface area contributed by atoms with Gasteiger partial charge >= 0.3 is 26.2 Å². The highest BCUT2D eigenvalue weighted by atomic mass is 19.4. The Morgan fingerprint density at radius 1 is 0.510 bits per heavy atom. The Morgan fingerprint density at radius 2 is 0.837 bits per heavy atom. The summed E-state index contributed by atoms with van der Waals surface area (Å²) in [6.07, 6.45) is -9.04. The molecule has 0 N–H and O–H groups in total. The van der Waals surface area contributed by atoms with Crippen molar-refractivity contribution in [3.8, 4) is 0 Å². The first-order valence-corrected chi connectivity index (χ1v) is 15.9. The molecule has 4 rings (SSSR count). The Morgan fingerprint density at radius 3 is 1.12 bits per heavy atom. The lowest BCUT2D eigenvalue weighted by atomic mass is 9.51. The fraction of sp³-hybridized carbons (Fsp3) is 0.333. The summed E-state index contributed by atoms with van der Waals surface area (Å²) in [5, 5.41) is 0. The van der Waals surface area contributed by atoms with Crippen LogP contribution in [0.5, 0.6) is 0 Å². The summed E-state index contributed by atoms with van der Waals surface area (Å²) in [6, 6.07) is 26.2. The van der Waals surface area contributed by atoms with Gasteiger partial charge in [0, 0.05) is 26.3 Å². The lowest BCUT2D eigenvalue weighted by molar-refractivity contribution is -0.138. The zero-order valence-corrected chi connectivity index (χ0v) is 27.9. The Labute approximate surface area is 285 Å². The SMILES string of the molecule is CN(C)CCOB(c1ccc(C(F)(F)F)cc1)C(OC(B(OCCN(C)C)c1ccc(C(F)(F)F)cc1)c1ccccc1)c1ccccc1. The van der Waals surface area contributed by atoms with Gasteiger partial charge < -0.3 is 23.8 Å². The predicted octanol–water partition coefficient (Wildman–Crippen LogP) is 6.56. The summed E-state index contributed by atoms with van der Waals surface area (Å²) in [4.78, 5) is 3.85. The van der Waals surface area contributed by atoms with Gasteiger partial charge in [0.1, 0.15) is 0 Å². The zero-order valence-electron chi connectivity index (χ0n) is 27.9. The fourth-order valence-electron chi connectivity index (χ4n) is 5.26. The molecule has 4 aromatic rings. The number of likely N-dealkylation sites (N-methyl/N-ethyl adjacent to an activating group) is 2. The molecule has 2 atom stereocenters. The number of ether oxygens (including phenoxy) is 1. The minimum absolute atomic E-state index is 0.239. The number of halogens is 6. The molecule has 0 aliphatic heterocycles. The summed E-state index contributed by atoms with van der Waals surface area (Å²) in [7, 11) is 7.53. The molecule has 13 heteroatoms. The van der Waals surface area contributed by atoms with Crippen molar-refractivity contribution in [2.45, 2.75) is 24.4 Å². The van der Waals surface area contributed by atoms with Crippen LogP contribution in [0.1, 0.15) is 34.3 Å². The largest absolute Gasteiger partial charge is 0.427 e. The van der Waals surface area contributed by atoms with Gasteiger partial charge in [-0.15, -0.1) is 0 Å². The summed E-state index contributed by atoms with van der Waals surface area (Å²) >= 11 is 0. The topological polar surface area (TPSA) is 34.2 Å². The standard InChI is InChI=1S/C36H40B2F6N2O3/c1-45(2)23-25-47-37(31-19-15-29(16-20-31)35(39,40)41)33(27-11-7-5-8-12-27)49-34(28-13-9-6-10-14-28)38(48-26-24-46(3)4)32-21-17-30(18-22-32)36(42,43)44/h5-22,33-34H,23-26H2,1-4H3. The molecule has 0 aliphatic carbocycles. The number of rotatable bonds is 16. The molecule has 0 aromatic heterocycles. The van der Waals surface area contributed by atoms with Gasteiger partial charge in [-0.2, -0.15) is 26.3 Å². The smallest absolute Gasteiger partial charge is 0.416 e. The van der Waals surface area contributed by atoms with E-state index in [1.54, 1.807) is 0 Å². The predicted molar refractivity (Wildman–Crippen MR) is 182 cm³/mol. The van der Waals surface area contributed by atoms with E-state index in [1.807, 2.05) is 98.7 Å². The van der Waals surface area contributed by atoms with E-state index in [9.17, 15) is 26.3 Å². The minimum atomic E-state index is -4.52. The molecule has 260 valence electrons. The average molecular weight is 684 g/mol. The molecular weight excluding hydrogens is 644 g/mol. The maximum absolute atomic E-state index is 13.5. The lowest BCUT2D eigenvalue weighted by Gasteiger charge is -2.33. The molecule has 0 saturated carbocycles. The van der Waals surface area contributed by atoms with E-state index in [2.05, 4.69) is 0 Å². The van der Waals surface area contributed by atoms with E-state index in [-0.39, 0.29) is 13.2 Å². The number of nitrogens with zero attached hydrogens (tertiary/aromatic N) is 2. The highest BCUT2D eigenvalue weighted by Gasteiger charge is 2.41. The molecule has 0 saturated heterocycles. The summed E-state index contributed by atoms with van der Waals surface area (Å²) in [6.45, 7) is -0.200. The molecule has 49 heavy (non-hydrogen) atoms. The second kappa shape index (κ2) is 17.4. The first kappa shape index (κ1) is 38.2. The normalized spacial score (nSPS) is 13.5. The summed E-state index contributed by atoms with van der Waals surface area (Å²) in [5.41, 5.74) is 0.730. The van der Waals surface area contributed by atoms with Crippen LogP contribution in [0.2, 0.25) is 0 Å². The molecular formula is C36H40B2F6N2O3. The molecule has 0 bridgehead atoms. The van der Waals surface area contributed by atoms with E-state index >= 15 is 0 Å². The molecule has 5 nitrogen and oxygen atoms in total. The van der Waals surface area contributed by atoms with Gasteiger partial charge in [-0.25, -0.2) is 0 Å². The first-order valence-electron chi connectivity index (χ1n) is 15.9. The second-order valence-corrected chi connectivity index (χ2v) is 12.2. The van der Waals surface area contributed by atoms with Gasteiger partial charge in [-0.1, -0.05) is 109 Å². The molecule has 0 fully saturated rings. The summed E-state index contributed by atoms with van der Waals surface area (Å²) in [5.74, 6) is 0.